The molecule has 3 rings (SSSR count). The minimum atomic E-state index is -0.603. The second kappa shape index (κ2) is 8.35. The number of likely N-dealkylation sites (N-methyl/N-ethyl adjacent to an activating group) is 1. The number of hydrogen-bond donors (Lipinski definition) is 0. The number of hydrogen-bond acceptors (Lipinski definition) is 6. The molecule has 28 heavy (non-hydrogen) atoms. The summed E-state index contributed by atoms with van der Waals surface area (Å²) in [5.41, 5.74) is 1.69. The molecule has 1 aromatic carbocycles. The summed E-state index contributed by atoms with van der Waals surface area (Å²) in [6.45, 7) is 4.16. The van der Waals surface area contributed by atoms with Crippen LogP contribution in [0.2, 0.25) is 0 Å². The molecule has 0 spiro atoms. The Kier molecular flexibility index (Phi) is 5.89. The van der Waals surface area contributed by atoms with E-state index in [1.165, 1.54) is 4.90 Å². The van der Waals surface area contributed by atoms with E-state index in [-0.39, 0.29) is 23.6 Å². The van der Waals surface area contributed by atoms with Gasteiger partial charge in [0.1, 0.15) is 5.69 Å². The SMILES string of the molecule is CCn1c(=O)c(C)nc2cc(C(=O)OCC(=O)N(C)Cc3cccs3)ccc21. The molecular weight excluding hydrogens is 378 g/mol. The second-order valence-corrected chi connectivity index (χ2v) is 7.39. The zero-order valence-electron chi connectivity index (χ0n) is 16.0. The van der Waals surface area contributed by atoms with Crippen LogP contribution in [-0.4, -0.2) is 40.0 Å². The third kappa shape index (κ3) is 4.12. The zero-order valence-corrected chi connectivity index (χ0v) is 16.8. The molecular formula is C20H21N3O4S. The molecule has 8 heteroatoms. The van der Waals surface area contributed by atoms with Gasteiger partial charge in [0.05, 0.1) is 23.1 Å². The van der Waals surface area contributed by atoms with Crippen LogP contribution in [0.25, 0.3) is 11.0 Å². The minimum Gasteiger partial charge on any atom is -0.452 e. The first kappa shape index (κ1) is 19.8. The predicted octanol–water partition coefficient (Wildman–Crippen LogP) is 2.60. The Morgan fingerprint density at radius 1 is 1.29 bits per heavy atom. The summed E-state index contributed by atoms with van der Waals surface area (Å²) in [4.78, 5) is 43.5. The molecule has 2 aromatic heterocycles. The monoisotopic (exact) mass is 399 g/mol. The first-order valence-corrected chi connectivity index (χ1v) is 9.73. The van der Waals surface area contributed by atoms with Crippen molar-refractivity contribution in [2.45, 2.75) is 26.9 Å². The maximum Gasteiger partial charge on any atom is 0.338 e. The van der Waals surface area contributed by atoms with Crippen LogP contribution < -0.4 is 5.56 Å². The average Bonchev–Trinajstić information content (AvgIpc) is 3.19. The Labute approximate surface area is 166 Å². The Balaban J connectivity index is 1.70. The van der Waals surface area contributed by atoms with Crippen LogP contribution in [0.1, 0.15) is 27.9 Å². The van der Waals surface area contributed by atoms with Gasteiger partial charge in [-0.15, -0.1) is 11.3 Å². The van der Waals surface area contributed by atoms with Gasteiger partial charge in [-0.05, 0) is 43.5 Å². The van der Waals surface area contributed by atoms with E-state index < -0.39 is 5.97 Å². The molecule has 0 bridgehead atoms. The molecule has 0 radical (unpaired) electrons. The lowest BCUT2D eigenvalue weighted by atomic mass is 10.2. The van der Waals surface area contributed by atoms with E-state index in [0.29, 0.717) is 29.8 Å². The summed E-state index contributed by atoms with van der Waals surface area (Å²) in [5, 5.41) is 1.95. The van der Waals surface area contributed by atoms with E-state index in [1.54, 1.807) is 48.1 Å². The molecule has 146 valence electrons. The van der Waals surface area contributed by atoms with Gasteiger partial charge in [0, 0.05) is 18.5 Å². The number of thiophene rings is 1. The van der Waals surface area contributed by atoms with Crippen molar-refractivity contribution in [1.29, 1.82) is 0 Å². The summed E-state index contributed by atoms with van der Waals surface area (Å²) in [6, 6.07) is 8.70. The number of aryl methyl sites for hydroxylation is 2. The molecule has 0 saturated heterocycles. The van der Waals surface area contributed by atoms with Crippen molar-refractivity contribution in [3.8, 4) is 0 Å². The van der Waals surface area contributed by atoms with Crippen molar-refractivity contribution >= 4 is 34.2 Å². The standard InChI is InChI=1S/C20H21N3O4S/c1-4-23-17-8-7-14(10-16(17)21-13(2)19(23)25)20(26)27-12-18(24)22(3)11-15-6-5-9-28-15/h5-10H,4,11-12H2,1-3H3. The van der Waals surface area contributed by atoms with Gasteiger partial charge in [-0.1, -0.05) is 6.07 Å². The molecule has 0 unspecified atom stereocenters. The number of amides is 1. The van der Waals surface area contributed by atoms with Crippen LogP contribution in [0.5, 0.6) is 0 Å². The summed E-state index contributed by atoms with van der Waals surface area (Å²) in [7, 11) is 1.67. The van der Waals surface area contributed by atoms with E-state index >= 15 is 0 Å². The molecule has 3 aromatic rings. The van der Waals surface area contributed by atoms with Crippen molar-refractivity contribution < 1.29 is 14.3 Å². The normalized spacial score (nSPS) is 10.8. The number of ether oxygens (including phenoxy) is 1. The number of fused-ring (bicyclic) bond motifs is 1. The molecule has 0 aliphatic heterocycles. The maximum absolute atomic E-state index is 12.4. The molecule has 0 fully saturated rings. The van der Waals surface area contributed by atoms with E-state index in [2.05, 4.69) is 4.98 Å². The Bertz CT molecular complexity index is 1070. The van der Waals surface area contributed by atoms with Crippen LogP contribution in [0.4, 0.5) is 0 Å². The number of carbonyl (C=O) groups excluding carboxylic acids is 2. The largest absolute Gasteiger partial charge is 0.452 e. The van der Waals surface area contributed by atoms with Crippen molar-refractivity contribution in [3.05, 3.63) is 62.2 Å². The molecule has 0 aliphatic carbocycles. The number of benzene rings is 1. The topological polar surface area (TPSA) is 81.5 Å². The molecule has 2 heterocycles. The van der Waals surface area contributed by atoms with Gasteiger partial charge >= 0.3 is 5.97 Å². The highest BCUT2D eigenvalue weighted by Crippen LogP contribution is 2.15. The fourth-order valence-electron chi connectivity index (χ4n) is 2.86. The van der Waals surface area contributed by atoms with Crippen molar-refractivity contribution in [2.75, 3.05) is 13.7 Å². The van der Waals surface area contributed by atoms with Crippen molar-refractivity contribution in [1.82, 2.24) is 14.5 Å². The lowest BCUT2D eigenvalue weighted by Gasteiger charge is -2.16. The number of carbonyl (C=O) groups is 2. The molecule has 1 amide bonds. The highest BCUT2D eigenvalue weighted by molar-refractivity contribution is 7.09. The molecule has 7 nitrogen and oxygen atoms in total. The maximum atomic E-state index is 12.4. The van der Waals surface area contributed by atoms with Crippen LogP contribution in [0, 0.1) is 6.92 Å². The highest BCUT2D eigenvalue weighted by atomic mass is 32.1. The number of aromatic nitrogens is 2. The minimum absolute atomic E-state index is 0.148. The fraction of sp³-hybridized carbons (Fsp3) is 0.300. The van der Waals surface area contributed by atoms with E-state index in [0.717, 1.165) is 4.88 Å². The lowest BCUT2D eigenvalue weighted by Crippen LogP contribution is -2.30. The fourth-order valence-corrected chi connectivity index (χ4v) is 3.62. The van der Waals surface area contributed by atoms with Crippen molar-refractivity contribution in [2.24, 2.45) is 0 Å². The van der Waals surface area contributed by atoms with E-state index in [1.807, 2.05) is 24.4 Å². The van der Waals surface area contributed by atoms with Crippen LogP contribution >= 0.6 is 11.3 Å². The van der Waals surface area contributed by atoms with E-state index in [9.17, 15) is 14.4 Å². The van der Waals surface area contributed by atoms with Gasteiger partial charge < -0.3 is 14.2 Å². The van der Waals surface area contributed by atoms with Gasteiger partial charge in [-0.3, -0.25) is 9.59 Å². The van der Waals surface area contributed by atoms with Crippen molar-refractivity contribution in [3.63, 3.8) is 0 Å². The third-order valence-corrected chi connectivity index (χ3v) is 5.25. The van der Waals surface area contributed by atoms with Gasteiger partial charge in [0.2, 0.25) is 0 Å². The third-order valence-electron chi connectivity index (χ3n) is 4.39. The number of nitrogens with zero attached hydrogens (tertiary/aromatic N) is 3. The first-order valence-electron chi connectivity index (χ1n) is 8.85. The van der Waals surface area contributed by atoms with Crippen LogP contribution in [0.15, 0.2) is 40.5 Å². The summed E-state index contributed by atoms with van der Waals surface area (Å²) in [6.07, 6.45) is 0. The Hall–Kier alpha value is -3.00. The van der Waals surface area contributed by atoms with Gasteiger partial charge in [-0.2, -0.15) is 0 Å². The number of rotatable bonds is 6. The zero-order chi connectivity index (χ0) is 20.3. The first-order chi connectivity index (χ1) is 13.4. The molecule has 0 aliphatic rings. The Morgan fingerprint density at radius 3 is 2.75 bits per heavy atom. The molecule has 0 N–H and O–H groups in total. The highest BCUT2D eigenvalue weighted by Gasteiger charge is 2.16. The van der Waals surface area contributed by atoms with Gasteiger partial charge in [0.25, 0.3) is 11.5 Å². The molecule has 0 saturated carbocycles. The summed E-state index contributed by atoms with van der Waals surface area (Å²) in [5.74, 6) is -0.884. The van der Waals surface area contributed by atoms with Gasteiger partial charge in [-0.25, -0.2) is 9.78 Å². The quantitative estimate of drug-likeness (QED) is 0.595. The predicted molar refractivity (Wildman–Crippen MR) is 107 cm³/mol. The van der Waals surface area contributed by atoms with Crippen LogP contribution in [-0.2, 0) is 22.6 Å². The van der Waals surface area contributed by atoms with E-state index in [4.69, 9.17) is 4.74 Å². The second-order valence-electron chi connectivity index (χ2n) is 6.36. The van der Waals surface area contributed by atoms with Gasteiger partial charge in [0.15, 0.2) is 6.61 Å². The summed E-state index contributed by atoms with van der Waals surface area (Å²) < 4.78 is 6.77. The average molecular weight is 399 g/mol. The smallest absolute Gasteiger partial charge is 0.338 e. The number of esters is 1. The molecule has 0 atom stereocenters. The van der Waals surface area contributed by atoms with Crippen LogP contribution in [0.3, 0.4) is 0 Å². The Morgan fingerprint density at radius 2 is 2.07 bits per heavy atom. The lowest BCUT2D eigenvalue weighted by molar-refractivity contribution is -0.133. The summed E-state index contributed by atoms with van der Waals surface area (Å²) >= 11 is 1.56.